The summed E-state index contributed by atoms with van der Waals surface area (Å²) in [4.78, 5) is 14.2. The maximum atomic E-state index is 12.3. The Bertz CT molecular complexity index is 514. The summed E-state index contributed by atoms with van der Waals surface area (Å²) in [5, 5.41) is 9.44. The van der Waals surface area contributed by atoms with Crippen molar-refractivity contribution < 1.29 is 14.6 Å². The number of phenolic OH excluding ortho intramolecular Hbond substituents is 1. The van der Waals surface area contributed by atoms with E-state index in [0.717, 1.165) is 31.9 Å². The number of carbonyl (C=O) groups is 1. The Kier molecular flexibility index (Phi) is 3.65. The number of nitrogens with zero attached hydrogens (tertiary/aromatic N) is 1. The number of aromatic hydroxyl groups is 1. The van der Waals surface area contributed by atoms with Crippen molar-refractivity contribution in [3.8, 4) is 5.75 Å². The normalized spacial score (nSPS) is 23.9. The summed E-state index contributed by atoms with van der Waals surface area (Å²) in [5.74, 6) is 1.17. The molecule has 1 unspecified atom stereocenters. The number of carbonyl (C=O) groups excluding carboxylic acids is 1. The molecule has 4 nitrogen and oxygen atoms in total. The third kappa shape index (κ3) is 2.52. The second-order valence-electron chi connectivity index (χ2n) is 5.49. The molecule has 0 aromatic heterocycles. The minimum absolute atomic E-state index is 0.00647. The summed E-state index contributed by atoms with van der Waals surface area (Å²) in [6, 6.07) is 6.55. The lowest BCUT2D eigenvalue weighted by Crippen LogP contribution is -2.60. The van der Waals surface area contributed by atoms with Crippen LogP contribution in [0.3, 0.4) is 0 Å². The van der Waals surface area contributed by atoms with Crippen LogP contribution >= 0.6 is 11.8 Å². The quantitative estimate of drug-likeness (QED) is 0.927. The highest BCUT2D eigenvalue weighted by molar-refractivity contribution is 8.01. The van der Waals surface area contributed by atoms with E-state index in [1.165, 1.54) is 6.07 Å². The maximum Gasteiger partial charge on any atom is 0.254 e. The van der Waals surface area contributed by atoms with Gasteiger partial charge in [-0.15, -0.1) is 11.8 Å². The molecule has 2 aliphatic heterocycles. The van der Waals surface area contributed by atoms with Crippen LogP contribution < -0.4 is 0 Å². The van der Waals surface area contributed by atoms with Gasteiger partial charge in [-0.05, 0) is 31.5 Å². The Morgan fingerprint density at radius 1 is 1.55 bits per heavy atom. The summed E-state index contributed by atoms with van der Waals surface area (Å²) in [7, 11) is 0. The molecule has 0 radical (unpaired) electrons. The van der Waals surface area contributed by atoms with Crippen LogP contribution in [0.2, 0.25) is 0 Å². The van der Waals surface area contributed by atoms with Gasteiger partial charge in [0.1, 0.15) is 5.75 Å². The zero-order chi connectivity index (χ0) is 14.2. The molecule has 2 saturated heterocycles. The molecule has 0 bridgehead atoms. The Labute approximate surface area is 123 Å². The molecule has 2 fully saturated rings. The number of benzene rings is 1. The van der Waals surface area contributed by atoms with Crippen LogP contribution in [0.15, 0.2) is 24.3 Å². The monoisotopic (exact) mass is 293 g/mol. The number of rotatable bonds is 3. The average molecular weight is 293 g/mol. The Hall–Kier alpha value is -1.20. The standard InChI is InChI=1S/C15H19NO3S/c1-2-19-13-7-15(20-8-13)9-16(10-15)14(18)11-4-3-5-12(17)6-11/h3-6,13,17H,2,7-10H2,1H3. The number of amides is 1. The third-order valence-electron chi connectivity index (χ3n) is 3.92. The van der Waals surface area contributed by atoms with Crippen molar-refractivity contribution in [2.75, 3.05) is 25.4 Å². The van der Waals surface area contributed by atoms with Crippen LogP contribution in [0.4, 0.5) is 0 Å². The highest BCUT2D eigenvalue weighted by Gasteiger charge is 2.50. The molecule has 1 spiro atoms. The van der Waals surface area contributed by atoms with Gasteiger partial charge >= 0.3 is 0 Å². The van der Waals surface area contributed by atoms with Crippen molar-refractivity contribution >= 4 is 17.7 Å². The van der Waals surface area contributed by atoms with Gasteiger partial charge in [-0.25, -0.2) is 0 Å². The predicted octanol–water partition coefficient (Wildman–Crippen LogP) is 2.13. The van der Waals surface area contributed by atoms with E-state index in [1.54, 1.807) is 18.2 Å². The van der Waals surface area contributed by atoms with Crippen LogP contribution in [0.5, 0.6) is 5.75 Å². The highest BCUT2D eigenvalue weighted by Crippen LogP contribution is 2.46. The van der Waals surface area contributed by atoms with E-state index in [9.17, 15) is 9.90 Å². The van der Waals surface area contributed by atoms with Crippen molar-refractivity contribution in [2.45, 2.75) is 24.2 Å². The minimum atomic E-state index is 0.00647. The van der Waals surface area contributed by atoms with E-state index in [2.05, 4.69) is 0 Å². The van der Waals surface area contributed by atoms with Gasteiger partial charge in [-0.2, -0.15) is 0 Å². The van der Waals surface area contributed by atoms with Gasteiger partial charge in [0, 0.05) is 31.0 Å². The number of phenols is 1. The Morgan fingerprint density at radius 2 is 2.35 bits per heavy atom. The Balaban J connectivity index is 1.59. The van der Waals surface area contributed by atoms with E-state index in [4.69, 9.17) is 4.74 Å². The molecule has 1 atom stereocenters. The summed E-state index contributed by atoms with van der Waals surface area (Å²) >= 11 is 1.93. The largest absolute Gasteiger partial charge is 0.508 e. The van der Waals surface area contributed by atoms with Crippen LogP contribution in [0.1, 0.15) is 23.7 Å². The fraction of sp³-hybridized carbons (Fsp3) is 0.533. The Morgan fingerprint density at radius 3 is 3.05 bits per heavy atom. The maximum absolute atomic E-state index is 12.3. The van der Waals surface area contributed by atoms with Crippen molar-refractivity contribution in [3.05, 3.63) is 29.8 Å². The van der Waals surface area contributed by atoms with Crippen molar-refractivity contribution in [2.24, 2.45) is 0 Å². The number of hydrogen-bond acceptors (Lipinski definition) is 4. The zero-order valence-corrected chi connectivity index (χ0v) is 12.4. The molecule has 2 heterocycles. The lowest BCUT2D eigenvalue weighted by atomic mass is 9.92. The first-order valence-corrected chi connectivity index (χ1v) is 7.94. The molecular weight excluding hydrogens is 274 g/mol. The first-order valence-electron chi connectivity index (χ1n) is 6.96. The summed E-state index contributed by atoms with van der Waals surface area (Å²) in [6.07, 6.45) is 1.37. The van der Waals surface area contributed by atoms with Gasteiger partial charge in [-0.3, -0.25) is 4.79 Å². The van der Waals surface area contributed by atoms with Crippen molar-refractivity contribution in [1.82, 2.24) is 4.90 Å². The first kappa shape index (κ1) is 13.8. The van der Waals surface area contributed by atoms with Gasteiger partial charge < -0.3 is 14.7 Å². The van der Waals surface area contributed by atoms with Gasteiger partial charge in [-0.1, -0.05) is 6.07 Å². The second kappa shape index (κ2) is 5.30. The summed E-state index contributed by atoms with van der Waals surface area (Å²) < 4.78 is 5.87. The topological polar surface area (TPSA) is 49.8 Å². The summed E-state index contributed by atoms with van der Waals surface area (Å²) in [6.45, 7) is 4.35. The molecule has 3 rings (SSSR count). The van der Waals surface area contributed by atoms with Gasteiger partial charge in [0.05, 0.1) is 10.9 Å². The first-order chi connectivity index (χ1) is 9.62. The molecule has 20 heavy (non-hydrogen) atoms. The second-order valence-corrected chi connectivity index (χ2v) is 6.98. The number of thioether (sulfide) groups is 1. The lowest BCUT2D eigenvalue weighted by molar-refractivity contribution is 0.0359. The highest BCUT2D eigenvalue weighted by atomic mass is 32.2. The number of ether oxygens (including phenoxy) is 1. The van der Waals surface area contributed by atoms with Crippen molar-refractivity contribution in [1.29, 1.82) is 0 Å². The van der Waals surface area contributed by atoms with E-state index in [1.807, 2.05) is 23.6 Å². The molecule has 1 aromatic rings. The van der Waals surface area contributed by atoms with E-state index in [-0.39, 0.29) is 16.4 Å². The van der Waals surface area contributed by atoms with Crippen LogP contribution in [0, 0.1) is 0 Å². The van der Waals surface area contributed by atoms with Gasteiger partial charge in [0.2, 0.25) is 0 Å². The fourth-order valence-electron chi connectivity index (χ4n) is 2.98. The van der Waals surface area contributed by atoms with Crippen LogP contribution in [-0.2, 0) is 4.74 Å². The van der Waals surface area contributed by atoms with E-state index >= 15 is 0 Å². The molecular formula is C15H19NO3S. The SMILES string of the molecule is CCOC1CSC2(C1)CN(C(=O)c1cccc(O)c1)C2. The summed E-state index contributed by atoms with van der Waals surface area (Å²) in [5.41, 5.74) is 0.559. The van der Waals surface area contributed by atoms with E-state index < -0.39 is 0 Å². The van der Waals surface area contributed by atoms with Crippen molar-refractivity contribution in [3.63, 3.8) is 0 Å². The van der Waals surface area contributed by atoms with Crippen LogP contribution in [-0.4, -0.2) is 52.2 Å². The smallest absolute Gasteiger partial charge is 0.254 e. The molecule has 0 saturated carbocycles. The zero-order valence-electron chi connectivity index (χ0n) is 11.5. The molecule has 1 amide bonds. The van der Waals surface area contributed by atoms with Gasteiger partial charge in [0.15, 0.2) is 0 Å². The third-order valence-corrected chi connectivity index (χ3v) is 5.49. The van der Waals surface area contributed by atoms with Gasteiger partial charge in [0.25, 0.3) is 5.91 Å². The number of hydrogen-bond donors (Lipinski definition) is 1. The molecule has 2 aliphatic rings. The molecule has 5 heteroatoms. The molecule has 108 valence electrons. The molecule has 0 aliphatic carbocycles. The van der Waals surface area contributed by atoms with E-state index in [0.29, 0.717) is 11.7 Å². The number of likely N-dealkylation sites (tertiary alicyclic amines) is 1. The average Bonchev–Trinajstić information content (AvgIpc) is 2.81. The predicted molar refractivity (Wildman–Crippen MR) is 79.2 cm³/mol. The van der Waals surface area contributed by atoms with Crippen LogP contribution in [0.25, 0.3) is 0 Å². The minimum Gasteiger partial charge on any atom is -0.508 e. The molecule has 1 N–H and O–H groups in total. The lowest BCUT2D eigenvalue weighted by Gasteiger charge is -2.47. The molecule has 1 aromatic carbocycles. The fourth-order valence-corrected chi connectivity index (χ4v) is 4.53.